The number of benzene rings is 1. The van der Waals surface area contributed by atoms with Crippen molar-refractivity contribution in [2.24, 2.45) is 0 Å². The molecule has 1 N–H and O–H groups in total. The van der Waals surface area contributed by atoms with Crippen molar-refractivity contribution in [1.82, 2.24) is 10.3 Å². The molecule has 3 heteroatoms. The van der Waals surface area contributed by atoms with Gasteiger partial charge >= 0.3 is 0 Å². The fourth-order valence-electron chi connectivity index (χ4n) is 1.71. The van der Waals surface area contributed by atoms with Crippen molar-refractivity contribution in [1.29, 1.82) is 0 Å². The van der Waals surface area contributed by atoms with Crippen LogP contribution in [-0.2, 0) is 6.54 Å². The lowest BCUT2D eigenvalue weighted by molar-refractivity contribution is 0.0950. The summed E-state index contributed by atoms with van der Waals surface area (Å²) in [5.74, 6) is -0.0822. The number of amides is 1. The van der Waals surface area contributed by atoms with E-state index < -0.39 is 0 Å². The quantitative estimate of drug-likeness (QED) is 0.896. The third-order valence-corrected chi connectivity index (χ3v) is 2.83. The average molecular weight is 240 g/mol. The fraction of sp³-hybridized carbons (Fsp3) is 0.200. The van der Waals surface area contributed by atoms with Crippen molar-refractivity contribution in [2.75, 3.05) is 0 Å². The zero-order valence-corrected chi connectivity index (χ0v) is 10.6. The van der Waals surface area contributed by atoms with Crippen LogP contribution >= 0.6 is 0 Å². The highest BCUT2D eigenvalue weighted by molar-refractivity contribution is 5.95. The van der Waals surface area contributed by atoms with Gasteiger partial charge in [-0.15, -0.1) is 0 Å². The number of nitrogens with one attached hydrogen (secondary N) is 1. The largest absolute Gasteiger partial charge is 0.348 e. The summed E-state index contributed by atoms with van der Waals surface area (Å²) in [4.78, 5) is 16.1. The second kappa shape index (κ2) is 5.45. The maximum absolute atomic E-state index is 12.0. The van der Waals surface area contributed by atoms with E-state index in [1.807, 2.05) is 38.1 Å². The van der Waals surface area contributed by atoms with E-state index in [-0.39, 0.29) is 5.91 Å². The summed E-state index contributed by atoms with van der Waals surface area (Å²) in [7, 11) is 0. The van der Waals surface area contributed by atoms with E-state index >= 15 is 0 Å². The van der Waals surface area contributed by atoms with Gasteiger partial charge in [0.05, 0.1) is 5.56 Å². The molecule has 1 aromatic heterocycles. The van der Waals surface area contributed by atoms with Crippen LogP contribution in [0.5, 0.6) is 0 Å². The van der Waals surface area contributed by atoms with Crippen LogP contribution in [0, 0.1) is 13.8 Å². The van der Waals surface area contributed by atoms with Crippen LogP contribution in [0.15, 0.2) is 42.6 Å². The summed E-state index contributed by atoms with van der Waals surface area (Å²) in [6.07, 6.45) is 1.69. The first-order valence-corrected chi connectivity index (χ1v) is 5.92. The molecule has 2 aromatic rings. The van der Waals surface area contributed by atoms with Crippen molar-refractivity contribution in [3.63, 3.8) is 0 Å². The highest BCUT2D eigenvalue weighted by Gasteiger charge is 2.08. The molecule has 0 aliphatic carbocycles. The van der Waals surface area contributed by atoms with Gasteiger partial charge in [0.15, 0.2) is 0 Å². The molecule has 0 unspecified atom stereocenters. The lowest BCUT2D eigenvalue weighted by Crippen LogP contribution is -2.23. The van der Waals surface area contributed by atoms with Gasteiger partial charge in [0.25, 0.3) is 5.91 Å². The van der Waals surface area contributed by atoms with E-state index in [0.29, 0.717) is 12.1 Å². The number of aromatic nitrogens is 1. The van der Waals surface area contributed by atoms with E-state index in [9.17, 15) is 4.79 Å². The molecule has 0 aliphatic rings. The number of hydrogen-bond donors (Lipinski definition) is 1. The Labute approximate surface area is 107 Å². The molecule has 0 bridgehead atoms. The van der Waals surface area contributed by atoms with Gasteiger partial charge in [-0.3, -0.25) is 9.78 Å². The number of rotatable bonds is 3. The van der Waals surface area contributed by atoms with E-state index in [2.05, 4.69) is 10.3 Å². The summed E-state index contributed by atoms with van der Waals surface area (Å²) >= 11 is 0. The standard InChI is InChI=1S/C15H16N2O/c1-11-5-7-13(8-6-11)10-17-15(18)14-4-3-9-16-12(14)2/h3-9H,10H2,1-2H3,(H,17,18). The molecular weight excluding hydrogens is 224 g/mol. The Balaban J connectivity index is 2.01. The van der Waals surface area contributed by atoms with Crippen molar-refractivity contribution < 1.29 is 4.79 Å². The van der Waals surface area contributed by atoms with Crippen molar-refractivity contribution in [2.45, 2.75) is 20.4 Å². The van der Waals surface area contributed by atoms with Gasteiger partial charge in [0.1, 0.15) is 0 Å². The number of carbonyl (C=O) groups is 1. The predicted molar refractivity (Wildman–Crippen MR) is 71.3 cm³/mol. The highest BCUT2D eigenvalue weighted by atomic mass is 16.1. The lowest BCUT2D eigenvalue weighted by Gasteiger charge is -2.07. The first-order valence-electron chi connectivity index (χ1n) is 5.92. The van der Waals surface area contributed by atoms with E-state index in [0.717, 1.165) is 11.3 Å². The Hall–Kier alpha value is -2.16. The van der Waals surface area contributed by atoms with Crippen LogP contribution in [0.4, 0.5) is 0 Å². The van der Waals surface area contributed by atoms with Gasteiger partial charge < -0.3 is 5.32 Å². The minimum Gasteiger partial charge on any atom is -0.348 e. The van der Waals surface area contributed by atoms with Crippen LogP contribution in [0.2, 0.25) is 0 Å². The fourth-order valence-corrected chi connectivity index (χ4v) is 1.71. The smallest absolute Gasteiger partial charge is 0.253 e. The van der Waals surface area contributed by atoms with Gasteiger partial charge in [-0.1, -0.05) is 29.8 Å². The molecule has 0 spiro atoms. The molecule has 0 saturated carbocycles. The molecule has 0 saturated heterocycles. The summed E-state index contributed by atoms with van der Waals surface area (Å²) in [5.41, 5.74) is 3.69. The maximum Gasteiger partial charge on any atom is 0.253 e. The molecular formula is C15H16N2O. The Kier molecular flexibility index (Phi) is 3.72. The van der Waals surface area contributed by atoms with Crippen LogP contribution < -0.4 is 5.32 Å². The normalized spacial score (nSPS) is 10.1. The number of aryl methyl sites for hydroxylation is 2. The summed E-state index contributed by atoms with van der Waals surface area (Å²) in [5, 5.41) is 2.90. The SMILES string of the molecule is Cc1ccc(CNC(=O)c2cccnc2C)cc1. The zero-order valence-electron chi connectivity index (χ0n) is 10.6. The first kappa shape index (κ1) is 12.3. The van der Waals surface area contributed by atoms with Crippen LogP contribution in [-0.4, -0.2) is 10.9 Å². The minimum absolute atomic E-state index is 0.0822. The van der Waals surface area contributed by atoms with Crippen LogP contribution in [0.3, 0.4) is 0 Å². The Morgan fingerprint density at radius 2 is 1.89 bits per heavy atom. The Bertz CT molecular complexity index is 547. The average Bonchev–Trinajstić information content (AvgIpc) is 2.38. The second-order valence-corrected chi connectivity index (χ2v) is 4.30. The van der Waals surface area contributed by atoms with Gasteiger partial charge in [-0.25, -0.2) is 0 Å². The Morgan fingerprint density at radius 3 is 2.56 bits per heavy atom. The number of nitrogens with zero attached hydrogens (tertiary/aromatic N) is 1. The molecule has 2 rings (SSSR count). The molecule has 1 aromatic carbocycles. The first-order chi connectivity index (χ1) is 8.66. The molecule has 0 atom stereocenters. The van der Waals surface area contributed by atoms with Crippen LogP contribution in [0.1, 0.15) is 27.2 Å². The van der Waals surface area contributed by atoms with Gasteiger partial charge in [0, 0.05) is 18.4 Å². The molecule has 1 heterocycles. The van der Waals surface area contributed by atoms with Crippen molar-refractivity contribution >= 4 is 5.91 Å². The van der Waals surface area contributed by atoms with Crippen molar-refractivity contribution in [3.05, 3.63) is 65.0 Å². The van der Waals surface area contributed by atoms with Gasteiger partial charge in [0.2, 0.25) is 0 Å². The topological polar surface area (TPSA) is 42.0 Å². The summed E-state index contributed by atoms with van der Waals surface area (Å²) in [6, 6.07) is 11.7. The Morgan fingerprint density at radius 1 is 1.17 bits per heavy atom. The monoisotopic (exact) mass is 240 g/mol. The van der Waals surface area contributed by atoms with Gasteiger partial charge in [-0.2, -0.15) is 0 Å². The summed E-state index contributed by atoms with van der Waals surface area (Å²) in [6.45, 7) is 4.41. The van der Waals surface area contributed by atoms with Gasteiger partial charge in [-0.05, 0) is 31.5 Å². The molecule has 1 amide bonds. The maximum atomic E-state index is 12.0. The van der Waals surface area contributed by atoms with E-state index in [4.69, 9.17) is 0 Å². The van der Waals surface area contributed by atoms with E-state index in [1.54, 1.807) is 18.3 Å². The molecule has 3 nitrogen and oxygen atoms in total. The van der Waals surface area contributed by atoms with E-state index in [1.165, 1.54) is 5.56 Å². The molecule has 18 heavy (non-hydrogen) atoms. The lowest BCUT2D eigenvalue weighted by atomic mass is 10.1. The number of pyridine rings is 1. The zero-order chi connectivity index (χ0) is 13.0. The predicted octanol–water partition coefficient (Wildman–Crippen LogP) is 2.63. The molecule has 0 fully saturated rings. The molecule has 0 aliphatic heterocycles. The third-order valence-electron chi connectivity index (χ3n) is 2.83. The second-order valence-electron chi connectivity index (χ2n) is 4.30. The van der Waals surface area contributed by atoms with Crippen LogP contribution in [0.25, 0.3) is 0 Å². The summed E-state index contributed by atoms with van der Waals surface area (Å²) < 4.78 is 0. The minimum atomic E-state index is -0.0822. The number of hydrogen-bond acceptors (Lipinski definition) is 2. The highest BCUT2D eigenvalue weighted by Crippen LogP contribution is 2.05. The molecule has 92 valence electrons. The van der Waals surface area contributed by atoms with Crippen molar-refractivity contribution in [3.8, 4) is 0 Å². The third kappa shape index (κ3) is 2.94. The molecule has 0 radical (unpaired) electrons. The number of carbonyl (C=O) groups excluding carboxylic acids is 1.